The molecule has 0 bridgehead atoms. The molecule has 2 atom stereocenters. The van der Waals surface area contributed by atoms with Crippen LogP contribution in [0, 0.1) is 5.92 Å². The molecule has 4 rings (SSSR count). The molecule has 1 saturated heterocycles. The average Bonchev–Trinajstić information content (AvgIpc) is 3.51. The largest absolute Gasteiger partial charge is 0.507 e. The van der Waals surface area contributed by atoms with E-state index in [1.807, 2.05) is 7.05 Å². The lowest BCUT2D eigenvalue weighted by molar-refractivity contribution is -0.137. The van der Waals surface area contributed by atoms with Crippen LogP contribution in [-0.4, -0.2) is 50.0 Å². The third kappa shape index (κ3) is 3.93. The van der Waals surface area contributed by atoms with Crippen LogP contribution in [-0.2, 0) is 6.18 Å². The van der Waals surface area contributed by atoms with Crippen molar-refractivity contribution >= 4 is 0 Å². The van der Waals surface area contributed by atoms with Crippen molar-refractivity contribution in [1.29, 1.82) is 0 Å². The second-order valence-corrected chi connectivity index (χ2v) is 8.15. The van der Waals surface area contributed by atoms with E-state index in [2.05, 4.69) is 15.1 Å². The van der Waals surface area contributed by atoms with E-state index in [1.54, 1.807) is 0 Å². The van der Waals surface area contributed by atoms with E-state index in [4.69, 9.17) is 0 Å². The summed E-state index contributed by atoms with van der Waals surface area (Å²) in [7, 11) is 1.95. The Morgan fingerprint density at radius 1 is 1.20 bits per heavy atom. The van der Waals surface area contributed by atoms with E-state index in [9.17, 15) is 28.2 Å². The number of nitrogens with zero attached hydrogens (tertiary/aromatic N) is 4. The van der Waals surface area contributed by atoms with Gasteiger partial charge in [-0.05, 0) is 57.5 Å². The highest BCUT2D eigenvalue weighted by molar-refractivity contribution is 5.65. The number of aromatic hydroxyl groups is 1. The fourth-order valence-electron chi connectivity index (χ4n) is 4.04. The number of hydrogen-bond acceptors (Lipinski definition) is 6. The van der Waals surface area contributed by atoms with Gasteiger partial charge in [-0.2, -0.15) is 13.2 Å². The van der Waals surface area contributed by atoms with E-state index in [1.165, 1.54) is 4.57 Å². The summed E-state index contributed by atoms with van der Waals surface area (Å²) in [6.45, 7) is 1.56. The Labute approximate surface area is 170 Å². The first kappa shape index (κ1) is 20.8. The van der Waals surface area contributed by atoms with Crippen LogP contribution in [0.15, 0.2) is 23.0 Å². The molecule has 2 aromatic rings. The van der Waals surface area contributed by atoms with Crippen molar-refractivity contribution in [3.63, 3.8) is 0 Å². The fraction of sp³-hybridized carbons (Fsp3) is 0.550. The fourth-order valence-corrected chi connectivity index (χ4v) is 4.04. The van der Waals surface area contributed by atoms with Gasteiger partial charge < -0.3 is 15.1 Å². The molecular weight excluding hydrogens is 401 g/mol. The number of rotatable bonds is 4. The number of likely N-dealkylation sites (tertiary alicyclic amines) is 1. The molecule has 2 fully saturated rings. The zero-order valence-corrected chi connectivity index (χ0v) is 16.4. The molecule has 2 heterocycles. The van der Waals surface area contributed by atoms with E-state index in [-0.39, 0.29) is 29.0 Å². The number of aliphatic hydroxyl groups is 1. The van der Waals surface area contributed by atoms with Crippen LogP contribution >= 0.6 is 0 Å². The second kappa shape index (κ2) is 7.66. The van der Waals surface area contributed by atoms with E-state index in [0.717, 1.165) is 31.5 Å². The average molecular weight is 424 g/mol. The van der Waals surface area contributed by atoms with Crippen molar-refractivity contribution < 1.29 is 23.4 Å². The first-order chi connectivity index (χ1) is 14.2. The number of aromatic nitrogens is 3. The normalized spacial score (nSPS) is 21.6. The summed E-state index contributed by atoms with van der Waals surface area (Å²) >= 11 is 0. The first-order valence-electron chi connectivity index (χ1n) is 9.93. The lowest BCUT2D eigenvalue weighted by atomic mass is 9.91. The monoisotopic (exact) mass is 424 g/mol. The topological polar surface area (TPSA) is 91.5 Å². The van der Waals surface area contributed by atoms with Crippen molar-refractivity contribution in [1.82, 2.24) is 19.7 Å². The molecular formula is C20H23F3N4O3. The number of phenols is 1. The molecule has 0 radical (unpaired) electrons. The molecule has 1 aliphatic carbocycles. The summed E-state index contributed by atoms with van der Waals surface area (Å²) in [5.74, 6) is -0.774. The van der Waals surface area contributed by atoms with Crippen molar-refractivity contribution in [2.24, 2.45) is 5.92 Å². The van der Waals surface area contributed by atoms with Crippen LogP contribution in [0.1, 0.15) is 49.1 Å². The molecule has 2 N–H and O–H groups in total. The maximum Gasteiger partial charge on any atom is 0.416 e. The number of piperidine rings is 1. The first-order valence-corrected chi connectivity index (χ1v) is 9.93. The van der Waals surface area contributed by atoms with Gasteiger partial charge in [-0.25, -0.2) is 0 Å². The van der Waals surface area contributed by atoms with Gasteiger partial charge in [0.2, 0.25) is 0 Å². The summed E-state index contributed by atoms with van der Waals surface area (Å²) in [6, 6.07) is 2.36. The Morgan fingerprint density at radius 3 is 2.53 bits per heavy atom. The Bertz CT molecular complexity index is 1000. The SMILES string of the molecule is CN1CCCC(C(O)c2nnc(-c3ccc(C(F)(F)F)cc3O)n(C3CC3)c2=O)C1. The third-order valence-corrected chi connectivity index (χ3v) is 5.78. The molecule has 0 amide bonds. The van der Waals surface area contributed by atoms with Gasteiger partial charge in [-0.15, -0.1) is 10.2 Å². The highest BCUT2D eigenvalue weighted by atomic mass is 19.4. The molecule has 1 aromatic heterocycles. The minimum atomic E-state index is -4.60. The maximum atomic E-state index is 13.2. The van der Waals surface area contributed by atoms with Crippen LogP contribution in [0.25, 0.3) is 11.4 Å². The zero-order chi connectivity index (χ0) is 21.6. The number of phenolic OH excluding ortho intramolecular Hbond substituents is 1. The van der Waals surface area contributed by atoms with Crippen LogP contribution < -0.4 is 5.56 Å². The lowest BCUT2D eigenvalue weighted by Crippen LogP contribution is -2.38. The number of alkyl halides is 3. The quantitative estimate of drug-likeness (QED) is 0.784. The number of aliphatic hydroxyl groups excluding tert-OH is 1. The highest BCUT2D eigenvalue weighted by Crippen LogP contribution is 2.40. The Hall–Kier alpha value is -2.46. The standard InChI is InChI=1S/C20H23F3N4O3/c1-26-8-2-3-11(10-26)17(29)16-19(30)27(13-5-6-13)18(25-24-16)14-7-4-12(9-15(14)28)20(21,22)23/h4,7,9,11,13,17,28-29H,2-3,5-6,8,10H2,1H3. The van der Waals surface area contributed by atoms with Crippen molar-refractivity contribution in [2.45, 2.75) is 44.0 Å². The highest BCUT2D eigenvalue weighted by Gasteiger charge is 2.35. The van der Waals surface area contributed by atoms with Gasteiger partial charge in [0.05, 0.1) is 11.1 Å². The van der Waals surface area contributed by atoms with Gasteiger partial charge >= 0.3 is 6.18 Å². The zero-order valence-electron chi connectivity index (χ0n) is 16.4. The van der Waals surface area contributed by atoms with Gasteiger partial charge in [0, 0.05) is 18.5 Å². The molecule has 0 spiro atoms. The van der Waals surface area contributed by atoms with Gasteiger partial charge in [0.25, 0.3) is 5.56 Å². The smallest absolute Gasteiger partial charge is 0.416 e. The van der Waals surface area contributed by atoms with Crippen molar-refractivity contribution in [2.75, 3.05) is 20.1 Å². The molecule has 2 unspecified atom stereocenters. The van der Waals surface area contributed by atoms with Crippen LogP contribution in [0.4, 0.5) is 13.2 Å². The minimum Gasteiger partial charge on any atom is -0.507 e. The van der Waals surface area contributed by atoms with E-state index in [0.29, 0.717) is 25.5 Å². The Morgan fingerprint density at radius 2 is 1.93 bits per heavy atom. The predicted octanol–water partition coefficient (Wildman–Crippen LogP) is 2.74. The second-order valence-electron chi connectivity index (χ2n) is 8.15. The molecule has 2 aliphatic rings. The van der Waals surface area contributed by atoms with Gasteiger partial charge in [0.15, 0.2) is 11.5 Å². The Balaban J connectivity index is 1.74. The number of benzene rings is 1. The molecule has 1 saturated carbocycles. The lowest BCUT2D eigenvalue weighted by Gasteiger charge is -2.32. The molecule has 30 heavy (non-hydrogen) atoms. The summed E-state index contributed by atoms with van der Waals surface area (Å²) < 4.78 is 40.1. The number of hydrogen-bond donors (Lipinski definition) is 2. The van der Waals surface area contributed by atoms with Crippen LogP contribution in [0.3, 0.4) is 0 Å². The van der Waals surface area contributed by atoms with Gasteiger partial charge in [-0.3, -0.25) is 9.36 Å². The Kier molecular flexibility index (Phi) is 5.31. The summed E-state index contributed by atoms with van der Waals surface area (Å²) in [4.78, 5) is 15.3. The van der Waals surface area contributed by atoms with Crippen molar-refractivity contribution in [3.8, 4) is 17.1 Å². The summed E-state index contributed by atoms with van der Waals surface area (Å²) in [5.41, 5.74) is -1.57. The molecule has 1 aliphatic heterocycles. The molecule has 10 heteroatoms. The van der Waals surface area contributed by atoms with Crippen LogP contribution in [0.5, 0.6) is 5.75 Å². The molecule has 162 valence electrons. The molecule has 7 nitrogen and oxygen atoms in total. The third-order valence-electron chi connectivity index (χ3n) is 5.78. The van der Waals surface area contributed by atoms with Gasteiger partial charge in [-0.1, -0.05) is 0 Å². The van der Waals surface area contributed by atoms with Gasteiger partial charge in [0.1, 0.15) is 11.9 Å². The number of halogens is 3. The minimum absolute atomic E-state index is 0.00191. The van der Waals surface area contributed by atoms with Crippen LogP contribution in [0.2, 0.25) is 0 Å². The summed E-state index contributed by atoms with van der Waals surface area (Å²) in [6.07, 6.45) is -2.59. The summed E-state index contributed by atoms with van der Waals surface area (Å²) in [5, 5.41) is 29.0. The van der Waals surface area contributed by atoms with E-state index < -0.39 is 29.2 Å². The molecule has 1 aromatic carbocycles. The van der Waals surface area contributed by atoms with E-state index >= 15 is 0 Å². The maximum absolute atomic E-state index is 13.2. The predicted molar refractivity (Wildman–Crippen MR) is 102 cm³/mol. The van der Waals surface area contributed by atoms with Crippen molar-refractivity contribution in [3.05, 3.63) is 39.8 Å².